The number of aliphatic hydroxyl groups is 1. The van der Waals surface area contributed by atoms with Crippen molar-refractivity contribution in [3.63, 3.8) is 0 Å². The minimum atomic E-state index is -0.591. The third kappa shape index (κ3) is 4.75. The number of aromatic nitrogens is 2. The second-order valence-electron chi connectivity index (χ2n) is 6.61. The van der Waals surface area contributed by atoms with Crippen LogP contribution in [-0.2, 0) is 4.74 Å². The fourth-order valence-electron chi connectivity index (χ4n) is 2.93. The van der Waals surface area contributed by atoms with Crippen LogP contribution in [0.25, 0.3) is 0 Å². The third-order valence-electron chi connectivity index (χ3n) is 4.52. The van der Waals surface area contributed by atoms with Gasteiger partial charge < -0.3 is 20.5 Å². The van der Waals surface area contributed by atoms with E-state index in [9.17, 15) is 10.4 Å². The molecule has 142 valence electrons. The summed E-state index contributed by atoms with van der Waals surface area (Å²) in [5.74, 6) is 1.01. The first-order valence-corrected chi connectivity index (χ1v) is 9.59. The lowest BCUT2D eigenvalue weighted by molar-refractivity contribution is 0.0698. The molecule has 0 radical (unpaired) electrons. The lowest BCUT2D eigenvalue weighted by Crippen LogP contribution is -2.38. The summed E-state index contributed by atoms with van der Waals surface area (Å²) in [5, 5.41) is 25.7. The smallest absolute Gasteiger partial charge is 0.229 e. The summed E-state index contributed by atoms with van der Waals surface area (Å²) >= 11 is 3.44. The zero-order chi connectivity index (χ0) is 19.4. The molecule has 3 N–H and O–H groups in total. The molecule has 3 rings (SSSR count). The molecule has 0 aliphatic carbocycles. The van der Waals surface area contributed by atoms with Crippen molar-refractivity contribution in [2.24, 2.45) is 5.92 Å². The van der Waals surface area contributed by atoms with Gasteiger partial charge in [-0.05, 0) is 44.0 Å². The molecule has 2 heterocycles. The molecule has 2 aromatic rings. The van der Waals surface area contributed by atoms with Crippen LogP contribution in [0, 0.1) is 24.2 Å². The summed E-state index contributed by atoms with van der Waals surface area (Å²) < 4.78 is 6.34. The molecule has 1 fully saturated rings. The van der Waals surface area contributed by atoms with Crippen molar-refractivity contribution in [2.75, 3.05) is 23.8 Å². The van der Waals surface area contributed by atoms with Crippen molar-refractivity contribution in [2.45, 2.75) is 32.4 Å². The first-order valence-electron chi connectivity index (χ1n) is 8.80. The van der Waals surface area contributed by atoms with Crippen LogP contribution in [0.3, 0.4) is 0 Å². The number of nitrogens with zero attached hydrogens (tertiary/aromatic N) is 3. The van der Waals surface area contributed by atoms with Crippen molar-refractivity contribution < 1.29 is 9.84 Å². The van der Waals surface area contributed by atoms with Gasteiger partial charge in [0.25, 0.3) is 0 Å². The lowest BCUT2D eigenvalue weighted by Gasteiger charge is -2.28. The third-order valence-corrected chi connectivity index (χ3v) is 5.24. The molecule has 2 unspecified atom stereocenters. The van der Waals surface area contributed by atoms with Crippen LogP contribution in [0.2, 0.25) is 0 Å². The zero-order valence-electron chi connectivity index (χ0n) is 15.2. The standard InChI is InChI=1S/C19H22BrN5O2/c1-11-9-22-19(23-14-3-4-16(20)15(7-14)12(2)26)25-18(11)24-17-10-27-6-5-13(17)8-21/h3-4,7,9,12-13,17,26H,5-6,10H2,1-2H3,(H2,22,23,24,25)/t12?,13?,17-/m0/s1. The summed E-state index contributed by atoms with van der Waals surface area (Å²) in [6.07, 6.45) is 1.85. The van der Waals surface area contributed by atoms with Crippen LogP contribution < -0.4 is 10.6 Å². The summed E-state index contributed by atoms with van der Waals surface area (Å²) in [4.78, 5) is 8.89. The summed E-state index contributed by atoms with van der Waals surface area (Å²) in [7, 11) is 0. The van der Waals surface area contributed by atoms with Gasteiger partial charge in [0.05, 0.1) is 30.7 Å². The Morgan fingerprint density at radius 2 is 2.26 bits per heavy atom. The van der Waals surface area contributed by atoms with Gasteiger partial charge in [-0.15, -0.1) is 0 Å². The number of ether oxygens (including phenoxy) is 1. The molecule has 8 heteroatoms. The molecule has 1 aliphatic heterocycles. The van der Waals surface area contributed by atoms with E-state index in [0.29, 0.717) is 31.4 Å². The fraction of sp³-hybridized carbons (Fsp3) is 0.421. The highest BCUT2D eigenvalue weighted by molar-refractivity contribution is 9.10. The number of nitrogens with one attached hydrogen (secondary N) is 2. The molecule has 0 amide bonds. The quantitative estimate of drug-likeness (QED) is 0.662. The number of halogens is 1. The van der Waals surface area contributed by atoms with Crippen LogP contribution in [0.1, 0.15) is 30.6 Å². The van der Waals surface area contributed by atoms with Gasteiger partial charge in [-0.25, -0.2) is 4.98 Å². The molecular weight excluding hydrogens is 410 g/mol. The van der Waals surface area contributed by atoms with Crippen LogP contribution in [0.4, 0.5) is 17.5 Å². The monoisotopic (exact) mass is 431 g/mol. The Morgan fingerprint density at radius 1 is 1.44 bits per heavy atom. The van der Waals surface area contributed by atoms with Crippen LogP contribution in [0.5, 0.6) is 0 Å². The summed E-state index contributed by atoms with van der Waals surface area (Å²) in [5.41, 5.74) is 2.45. The first kappa shape index (κ1) is 19.5. The van der Waals surface area contributed by atoms with E-state index in [0.717, 1.165) is 21.3 Å². The highest BCUT2D eigenvalue weighted by Gasteiger charge is 2.26. The van der Waals surface area contributed by atoms with Gasteiger partial charge in [0, 0.05) is 28.5 Å². The Labute approximate surface area is 166 Å². The second kappa shape index (κ2) is 8.65. The van der Waals surface area contributed by atoms with Crippen LogP contribution >= 0.6 is 15.9 Å². The molecule has 1 aliphatic rings. The Balaban J connectivity index is 1.79. The topological polar surface area (TPSA) is 103 Å². The molecule has 27 heavy (non-hydrogen) atoms. The average Bonchev–Trinajstić information content (AvgIpc) is 2.66. The van der Waals surface area contributed by atoms with E-state index in [1.165, 1.54) is 0 Å². The molecule has 0 saturated carbocycles. The number of aliphatic hydroxyl groups excluding tert-OH is 1. The molecule has 1 saturated heterocycles. The Morgan fingerprint density at radius 3 is 3.00 bits per heavy atom. The predicted octanol–water partition coefficient (Wildman–Crippen LogP) is 3.69. The van der Waals surface area contributed by atoms with E-state index in [2.05, 4.69) is 42.6 Å². The highest BCUT2D eigenvalue weighted by Crippen LogP contribution is 2.28. The van der Waals surface area contributed by atoms with Crippen molar-refractivity contribution >= 4 is 33.4 Å². The van der Waals surface area contributed by atoms with Gasteiger partial charge in [0.1, 0.15) is 5.82 Å². The van der Waals surface area contributed by atoms with Gasteiger partial charge in [-0.2, -0.15) is 10.2 Å². The molecule has 3 atom stereocenters. The Hall–Kier alpha value is -2.21. The van der Waals surface area contributed by atoms with E-state index < -0.39 is 6.10 Å². The van der Waals surface area contributed by atoms with Gasteiger partial charge in [0.15, 0.2) is 0 Å². The predicted molar refractivity (Wildman–Crippen MR) is 107 cm³/mol. The van der Waals surface area contributed by atoms with Gasteiger partial charge in [0.2, 0.25) is 5.95 Å². The average molecular weight is 432 g/mol. The summed E-state index contributed by atoms with van der Waals surface area (Å²) in [6, 6.07) is 7.85. The maximum Gasteiger partial charge on any atom is 0.229 e. The van der Waals surface area contributed by atoms with Gasteiger partial charge in [-0.3, -0.25) is 0 Å². The molecule has 0 spiro atoms. The maximum absolute atomic E-state index is 9.87. The van der Waals surface area contributed by atoms with Crippen LogP contribution in [-0.4, -0.2) is 34.3 Å². The summed E-state index contributed by atoms with van der Waals surface area (Å²) in [6.45, 7) is 4.73. The van der Waals surface area contributed by atoms with Crippen LogP contribution in [0.15, 0.2) is 28.9 Å². The number of rotatable bonds is 5. The van der Waals surface area contributed by atoms with Gasteiger partial charge >= 0.3 is 0 Å². The molecular formula is C19H22BrN5O2. The SMILES string of the molecule is Cc1cnc(Nc2ccc(Br)c(C(C)O)c2)nc1N[C@H]1COCCC1C#N. The largest absolute Gasteiger partial charge is 0.389 e. The zero-order valence-corrected chi connectivity index (χ0v) is 16.8. The molecule has 0 bridgehead atoms. The first-order chi connectivity index (χ1) is 13.0. The minimum Gasteiger partial charge on any atom is -0.389 e. The van der Waals surface area contributed by atoms with E-state index in [1.54, 1.807) is 13.1 Å². The van der Waals surface area contributed by atoms with E-state index in [4.69, 9.17) is 4.74 Å². The fourth-order valence-corrected chi connectivity index (χ4v) is 3.51. The number of aryl methyl sites for hydroxylation is 1. The minimum absolute atomic E-state index is 0.0975. The highest BCUT2D eigenvalue weighted by atomic mass is 79.9. The number of hydrogen-bond donors (Lipinski definition) is 3. The van der Waals surface area contributed by atoms with E-state index >= 15 is 0 Å². The molecule has 1 aromatic carbocycles. The number of benzene rings is 1. The Bertz CT molecular complexity index is 852. The van der Waals surface area contributed by atoms with Crippen molar-refractivity contribution in [3.8, 4) is 6.07 Å². The molecule has 7 nitrogen and oxygen atoms in total. The number of hydrogen-bond acceptors (Lipinski definition) is 7. The van der Waals surface area contributed by atoms with Gasteiger partial charge in [-0.1, -0.05) is 15.9 Å². The molecule has 1 aromatic heterocycles. The second-order valence-corrected chi connectivity index (χ2v) is 7.47. The van der Waals surface area contributed by atoms with Crippen molar-refractivity contribution in [3.05, 3.63) is 40.0 Å². The maximum atomic E-state index is 9.87. The van der Waals surface area contributed by atoms with Crippen molar-refractivity contribution in [1.29, 1.82) is 5.26 Å². The number of nitriles is 1. The van der Waals surface area contributed by atoms with E-state index in [1.807, 2.05) is 25.1 Å². The Kier molecular flexibility index (Phi) is 6.26. The number of anilines is 3. The lowest BCUT2D eigenvalue weighted by atomic mass is 9.96. The van der Waals surface area contributed by atoms with E-state index in [-0.39, 0.29) is 12.0 Å². The van der Waals surface area contributed by atoms with Crippen molar-refractivity contribution in [1.82, 2.24) is 9.97 Å². The normalized spacial score (nSPS) is 20.6.